The lowest BCUT2D eigenvalue weighted by molar-refractivity contribution is -0.123. The summed E-state index contributed by atoms with van der Waals surface area (Å²) in [6, 6.07) is 9.95. The van der Waals surface area contributed by atoms with Crippen LogP contribution in [0.15, 0.2) is 47.2 Å². The number of nitrogens with one attached hydrogen (secondary N) is 2. The first-order valence-corrected chi connectivity index (χ1v) is 11.4. The van der Waals surface area contributed by atoms with Crippen molar-refractivity contribution in [2.45, 2.75) is 44.1 Å². The van der Waals surface area contributed by atoms with Gasteiger partial charge in [0.2, 0.25) is 11.8 Å². The van der Waals surface area contributed by atoms with Crippen LogP contribution in [0.3, 0.4) is 0 Å². The zero-order chi connectivity index (χ0) is 21.5. The van der Waals surface area contributed by atoms with E-state index in [1.165, 1.54) is 16.6 Å². The Labute approximate surface area is 184 Å². The fourth-order valence-corrected chi connectivity index (χ4v) is 4.47. The number of rotatable bonds is 9. The second-order valence-corrected chi connectivity index (χ2v) is 9.27. The molecule has 1 aromatic carbocycles. The quantitative estimate of drug-likeness (QED) is 0.495. The van der Waals surface area contributed by atoms with Crippen LogP contribution in [0.5, 0.6) is 0 Å². The van der Waals surface area contributed by atoms with Crippen LogP contribution in [0.2, 0.25) is 0 Å². The Balaban J connectivity index is 1.48. The minimum atomic E-state index is -0.400. The molecule has 1 atom stereocenters. The van der Waals surface area contributed by atoms with Crippen LogP contribution in [0.4, 0.5) is 5.69 Å². The molecule has 0 spiro atoms. The van der Waals surface area contributed by atoms with Gasteiger partial charge in [-0.3, -0.25) is 9.59 Å². The number of carbonyl (C=O) groups excluding carboxylic acids is 2. The van der Waals surface area contributed by atoms with E-state index >= 15 is 0 Å². The number of hydrogen-bond acceptors (Lipinski definition) is 6. The first kappa shape index (κ1) is 22.0. The van der Waals surface area contributed by atoms with Crippen molar-refractivity contribution in [1.82, 2.24) is 20.1 Å². The van der Waals surface area contributed by atoms with Crippen molar-refractivity contribution < 1.29 is 9.59 Å². The van der Waals surface area contributed by atoms with Gasteiger partial charge in [-0.1, -0.05) is 36.0 Å². The minimum absolute atomic E-state index is 0.0808. The van der Waals surface area contributed by atoms with E-state index in [2.05, 4.69) is 32.3 Å². The summed E-state index contributed by atoms with van der Waals surface area (Å²) < 4.78 is 1.95. The molecule has 0 saturated heterocycles. The number of thioether (sulfide) groups is 1. The smallest absolute Gasteiger partial charge is 0.243 e. The second kappa shape index (κ2) is 10.4. The number of benzene rings is 1. The number of aryl methyl sites for hydroxylation is 4. The minimum Gasteiger partial charge on any atom is -0.346 e. The van der Waals surface area contributed by atoms with E-state index in [-0.39, 0.29) is 18.4 Å². The molecule has 7 nitrogen and oxygen atoms in total. The molecule has 0 radical (unpaired) electrons. The van der Waals surface area contributed by atoms with Gasteiger partial charge in [0.1, 0.15) is 6.33 Å². The highest BCUT2D eigenvalue weighted by Crippen LogP contribution is 2.22. The van der Waals surface area contributed by atoms with Crippen LogP contribution in [0.1, 0.15) is 22.9 Å². The van der Waals surface area contributed by atoms with Crippen LogP contribution >= 0.6 is 23.1 Å². The molecular weight excluding hydrogens is 418 g/mol. The summed E-state index contributed by atoms with van der Waals surface area (Å²) in [5, 5.41) is 16.0. The molecular formula is C21H25N5O2S2. The van der Waals surface area contributed by atoms with Crippen molar-refractivity contribution in [3.05, 3.63) is 58.0 Å². The highest BCUT2D eigenvalue weighted by molar-refractivity contribution is 8.00. The predicted molar refractivity (Wildman–Crippen MR) is 121 cm³/mol. The number of carbonyl (C=O) groups is 2. The lowest BCUT2D eigenvalue weighted by Gasteiger charge is -2.14. The molecule has 3 aromatic rings. The Kier molecular flexibility index (Phi) is 7.64. The van der Waals surface area contributed by atoms with Crippen LogP contribution in [0.25, 0.3) is 0 Å². The van der Waals surface area contributed by atoms with Gasteiger partial charge in [0.05, 0.1) is 11.8 Å². The topological polar surface area (TPSA) is 88.9 Å². The first-order chi connectivity index (χ1) is 14.4. The van der Waals surface area contributed by atoms with Gasteiger partial charge in [-0.25, -0.2) is 0 Å². The molecule has 0 aliphatic rings. The fourth-order valence-electron chi connectivity index (χ4n) is 2.89. The van der Waals surface area contributed by atoms with Gasteiger partial charge in [0.15, 0.2) is 5.16 Å². The second-order valence-electron chi connectivity index (χ2n) is 6.93. The summed E-state index contributed by atoms with van der Waals surface area (Å²) in [6.45, 7) is 6.34. The number of aromatic nitrogens is 3. The van der Waals surface area contributed by atoms with E-state index in [4.69, 9.17) is 0 Å². The maximum atomic E-state index is 12.4. The number of amides is 2. The average molecular weight is 444 g/mol. The van der Waals surface area contributed by atoms with E-state index in [0.29, 0.717) is 5.16 Å². The fraction of sp³-hybridized carbons (Fsp3) is 0.333. The third-order valence-corrected chi connectivity index (χ3v) is 6.61. The number of hydrogen-bond donors (Lipinski definition) is 2. The van der Waals surface area contributed by atoms with Crippen LogP contribution in [-0.4, -0.2) is 38.4 Å². The lowest BCUT2D eigenvalue weighted by atomic mass is 10.1. The van der Waals surface area contributed by atoms with Gasteiger partial charge in [-0.05, 0) is 49.8 Å². The highest BCUT2D eigenvalue weighted by Gasteiger charge is 2.19. The SMILES string of the molecule is Cc1cccc(C)c1NC(=O)CNC(=O)C(C)Sc1nncn1CCc1cccs1. The van der Waals surface area contributed by atoms with Gasteiger partial charge in [0, 0.05) is 17.1 Å². The molecule has 2 heterocycles. The van der Waals surface area contributed by atoms with Gasteiger partial charge in [0.25, 0.3) is 0 Å². The summed E-state index contributed by atoms with van der Waals surface area (Å²) in [7, 11) is 0. The molecule has 0 bridgehead atoms. The summed E-state index contributed by atoms with van der Waals surface area (Å²) in [4.78, 5) is 26.0. The van der Waals surface area contributed by atoms with Crippen molar-refractivity contribution in [3.63, 3.8) is 0 Å². The van der Waals surface area contributed by atoms with Crippen molar-refractivity contribution >= 4 is 40.6 Å². The molecule has 1 unspecified atom stereocenters. The number of nitrogens with zero attached hydrogens (tertiary/aromatic N) is 3. The van der Waals surface area contributed by atoms with Crippen LogP contribution in [0, 0.1) is 13.8 Å². The van der Waals surface area contributed by atoms with Crippen LogP contribution in [-0.2, 0) is 22.6 Å². The molecule has 2 amide bonds. The van der Waals surface area contributed by atoms with E-state index in [1.807, 2.05) is 42.7 Å². The molecule has 2 aromatic heterocycles. The Morgan fingerprint density at radius 2 is 1.97 bits per heavy atom. The standard InChI is InChI=1S/C21H25N5O2S2/c1-14-6-4-7-15(2)19(14)24-18(27)12-22-20(28)16(3)30-21-25-23-13-26(21)10-9-17-8-5-11-29-17/h4-8,11,13,16H,9-10,12H2,1-3H3,(H,22,28)(H,24,27). The number of para-hydroxylation sites is 1. The Bertz CT molecular complexity index is 981. The third-order valence-electron chi connectivity index (χ3n) is 4.58. The monoisotopic (exact) mass is 443 g/mol. The van der Waals surface area contributed by atoms with Gasteiger partial charge in [-0.2, -0.15) is 0 Å². The molecule has 30 heavy (non-hydrogen) atoms. The maximum Gasteiger partial charge on any atom is 0.243 e. The highest BCUT2D eigenvalue weighted by atomic mass is 32.2. The van der Waals surface area contributed by atoms with Crippen molar-refractivity contribution in [2.24, 2.45) is 0 Å². The lowest BCUT2D eigenvalue weighted by Crippen LogP contribution is -2.37. The Hall–Kier alpha value is -2.65. The summed E-state index contributed by atoms with van der Waals surface area (Å²) in [6.07, 6.45) is 2.57. The molecule has 0 aliphatic heterocycles. The largest absolute Gasteiger partial charge is 0.346 e. The molecule has 0 saturated carbocycles. The van der Waals surface area contributed by atoms with Crippen LogP contribution < -0.4 is 10.6 Å². The summed E-state index contributed by atoms with van der Waals surface area (Å²) >= 11 is 3.05. The average Bonchev–Trinajstić information content (AvgIpc) is 3.39. The number of anilines is 1. The summed E-state index contributed by atoms with van der Waals surface area (Å²) in [5.74, 6) is -0.471. The zero-order valence-electron chi connectivity index (χ0n) is 17.2. The Morgan fingerprint density at radius 3 is 2.67 bits per heavy atom. The molecule has 0 fully saturated rings. The number of thiophene rings is 1. The van der Waals surface area contributed by atoms with Gasteiger partial charge in [-0.15, -0.1) is 21.5 Å². The first-order valence-electron chi connectivity index (χ1n) is 9.64. The van der Waals surface area contributed by atoms with Crippen molar-refractivity contribution in [2.75, 3.05) is 11.9 Å². The summed E-state index contributed by atoms with van der Waals surface area (Å²) in [5.41, 5.74) is 2.76. The van der Waals surface area contributed by atoms with Gasteiger partial charge < -0.3 is 15.2 Å². The third kappa shape index (κ3) is 5.93. The predicted octanol–water partition coefficient (Wildman–Crippen LogP) is 3.43. The molecule has 0 aliphatic carbocycles. The maximum absolute atomic E-state index is 12.4. The van der Waals surface area contributed by atoms with Gasteiger partial charge >= 0.3 is 0 Å². The normalized spacial score (nSPS) is 11.8. The van der Waals surface area contributed by atoms with Crippen molar-refractivity contribution in [3.8, 4) is 0 Å². The Morgan fingerprint density at radius 1 is 1.20 bits per heavy atom. The molecule has 158 valence electrons. The zero-order valence-corrected chi connectivity index (χ0v) is 18.8. The van der Waals surface area contributed by atoms with E-state index < -0.39 is 5.25 Å². The van der Waals surface area contributed by atoms with E-state index in [0.717, 1.165) is 29.8 Å². The van der Waals surface area contributed by atoms with Crippen molar-refractivity contribution in [1.29, 1.82) is 0 Å². The van der Waals surface area contributed by atoms with E-state index in [9.17, 15) is 9.59 Å². The molecule has 2 N–H and O–H groups in total. The molecule has 3 rings (SSSR count). The van der Waals surface area contributed by atoms with E-state index in [1.54, 1.807) is 24.6 Å². The molecule has 9 heteroatoms.